The van der Waals surface area contributed by atoms with Crippen molar-refractivity contribution in [2.75, 3.05) is 44.3 Å². The molecular weight excluding hydrogens is 487 g/mol. The number of aryl methyl sites for hydroxylation is 1. The molecule has 0 spiro atoms. The van der Waals surface area contributed by atoms with Crippen LogP contribution >= 0.6 is 0 Å². The van der Waals surface area contributed by atoms with Crippen LogP contribution in [0.1, 0.15) is 32.5 Å². The summed E-state index contributed by atoms with van der Waals surface area (Å²) in [6.07, 6.45) is 3.24. The average molecular weight is 521 g/mol. The minimum Gasteiger partial charge on any atom is -0.378 e. The van der Waals surface area contributed by atoms with Gasteiger partial charge in [-0.25, -0.2) is 19.3 Å². The Balaban J connectivity index is 1.45. The van der Waals surface area contributed by atoms with Crippen molar-refractivity contribution < 1.29 is 13.9 Å². The number of H-pyrrole nitrogens is 1. The fourth-order valence-corrected chi connectivity index (χ4v) is 5.58. The fourth-order valence-electron chi connectivity index (χ4n) is 5.58. The third-order valence-electron chi connectivity index (χ3n) is 8.11. The molecular formula is C27H33FN8O2. The molecule has 11 heteroatoms. The maximum atomic E-state index is 15.3. The van der Waals surface area contributed by atoms with E-state index in [-0.39, 0.29) is 11.7 Å². The number of aromatic amines is 1. The fraction of sp³-hybridized carbons (Fsp3) is 0.481. The molecule has 0 unspecified atom stereocenters. The second-order valence-corrected chi connectivity index (χ2v) is 10.5. The summed E-state index contributed by atoms with van der Waals surface area (Å²) in [4.78, 5) is 34.4. The summed E-state index contributed by atoms with van der Waals surface area (Å²) in [6, 6.07) is 5.04. The van der Waals surface area contributed by atoms with Crippen molar-refractivity contribution in [3.63, 3.8) is 0 Å². The first-order valence-corrected chi connectivity index (χ1v) is 13.3. The molecule has 1 amide bonds. The summed E-state index contributed by atoms with van der Waals surface area (Å²) in [7, 11) is 0. The lowest BCUT2D eigenvalue weighted by atomic mass is 9.80. The number of hydrogen-bond acceptors (Lipinski definition) is 7. The first-order valence-electron chi connectivity index (χ1n) is 13.3. The number of hydrogen-bond donors (Lipinski definition) is 2. The van der Waals surface area contributed by atoms with Crippen LogP contribution in [0.15, 0.2) is 24.4 Å². The average Bonchev–Trinajstić information content (AvgIpc) is 3.54. The van der Waals surface area contributed by atoms with Gasteiger partial charge in [0.05, 0.1) is 25.3 Å². The van der Waals surface area contributed by atoms with Crippen LogP contribution in [-0.4, -0.2) is 74.7 Å². The Labute approximate surface area is 220 Å². The molecule has 6 rings (SSSR count). The van der Waals surface area contributed by atoms with Gasteiger partial charge in [0, 0.05) is 42.1 Å². The highest BCUT2D eigenvalue weighted by atomic mass is 19.1. The number of benzene rings is 1. The monoisotopic (exact) mass is 520 g/mol. The Bertz CT molecular complexity index is 1500. The molecule has 0 bridgehead atoms. The number of ether oxygens (including phenoxy) is 1. The standard InChI is InChI=1S/C27H33FN8O2/c1-3-36-20(16-34-10-7-27(2,8-11-34)26(29)37)31-22-24(35-12-14-38-15-13-35)32-23(33-25(22)36)21-17-6-9-30-19(17)5-4-18(21)28/h4-6,9,30H,3,7-8,10-16H2,1-2H3,(H2,29,37). The van der Waals surface area contributed by atoms with E-state index in [0.717, 1.165) is 42.7 Å². The summed E-state index contributed by atoms with van der Waals surface area (Å²) in [5.41, 5.74) is 7.81. The summed E-state index contributed by atoms with van der Waals surface area (Å²) < 4.78 is 23.0. The maximum absolute atomic E-state index is 15.3. The van der Waals surface area contributed by atoms with E-state index in [1.54, 1.807) is 12.3 Å². The Kier molecular flexibility index (Phi) is 6.27. The predicted molar refractivity (Wildman–Crippen MR) is 143 cm³/mol. The van der Waals surface area contributed by atoms with E-state index < -0.39 is 5.41 Å². The number of amides is 1. The van der Waals surface area contributed by atoms with Crippen LogP contribution in [0.3, 0.4) is 0 Å². The number of carbonyl (C=O) groups excluding carboxylic acids is 1. The number of imidazole rings is 1. The minimum atomic E-state index is -0.464. The van der Waals surface area contributed by atoms with Gasteiger partial charge in [0.25, 0.3) is 0 Å². The van der Waals surface area contributed by atoms with Gasteiger partial charge >= 0.3 is 0 Å². The van der Waals surface area contributed by atoms with Crippen molar-refractivity contribution in [2.45, 2.75) is 39.8 Å². The van der Waals surface area contributed by atoms with Gasteiger partial charge in [-0.1, -0.05) is 6.92 Å². The van der Waals surface area contributed by atoms with E-state index in [1.165, 1.54) is 6.07 Å². The Morgan fingerprint density at radius 3 is 2.61 bits per heavy atom. The van der Waals surface area contributed by atoms with E-state index in [0.29, 0.717) is 67.8 Å². The summed E-state index contributed by atoms with van der Waals surface area (Å²) in [5, 5.41) is 0.742. The number of primary amides is 1. The highest BCUT2D eigenvalue weighted by Gasteiger charge is 2.35. The molecule has 2 saturated heterocycles. The van der Waals surface area contributed by atoms with Gasteiger partial charge in [0.1, 0.15) is 11.6 Å². The lowest BCUT2D eigenvalue weighted by Crippen LogP contribution is -2.45. The minimum absolute atomic E-state index is 0.236. The number of likely N-dealkylation sites (tertiary alicyclic amines) is 1. The number of nitrogens with one attached hydrogen (secondary N) is 1. The second kappa shape index (κ2) is 9.63. The molecule has 2 aliphatic rings. The van der Waals surface area contributed by atoms with Crippen LogP contribution in [0.25, 0.3) is 33.5 Å². The van der Waals surface area contributed by atoms with Gasteiger partial charge < -0.3 is 24.9 Å². The number of piperidine rings is 1. The zero-order valence-corrected chi connectivity index (χ0v) is 21.8. The summed E-state index contributed by atoms with van der Waals surface area (Å²) in [6.45, 7) is 9.36. The molecule has 2 aliphatic heterocycles. The topological polar surface area (TPSA) is 118 Å². The largest absolute Gasteiger partial charge is 0.378 e. The molecule has 4 aromatic rings. The van der Waals surface area contributed by atoms with Crippen molar-refractivity contribution in [1.29, 1.82) is 0 Å². The van der Waals surface area contributed by atoms with Crippen LogP contribution in [0.4, 0.5) is 10.2 Å². The number of rotatable bonds is 6. The molecule has 10 nitrogen and oxygen atoms in total. The summed E-state index contributed by atoms with van der Waals surface area (Å²) >= 11 is 0. The van der Waals surface area contributed by atoms with Crippen LogP contribution < -0.4 is 10.6 Å². The molecule has 38 heavy (non-hydrogen) atoms. The summed E-state index contributed by atoms with van der Waals surface area (Å²) in [5.74, 6) is 1.33. The zero-order valence-electron chi connectivity index (χ0n) is 21.8. The van der Waals surface area contributed by atoms with Gasteiger partial charge in [-0.2, -0.15) is 0 Å². The number of nitrogens with zero attached hydrogens (tertiary/aromatic N) is 6. The maximum Gasteiger partial charge on any atom is 0.223 e. The number of carbonyl (C=O) groups is 1. The molecule has 200 valence electrons. The van der Waals surface area contributed by atoms with Gasteiger partial charge in [-0.3, -0.25) is 9.69 Å². The van der Waals surface area contributed by atoms with Crippen molar-refractivity contribution >= 4 is 33.8 Å². The number of anilines is 1. The number of aromatic nitrogens is 5. The molecule has 3 N–H and O–H groups in total. The van der Waals surface area contributed by atoms with Gasteiger partial charge in [0.2, 0.25) is 5.91 Å². The van der Waals surface area contributed by atoms with Crippen LogP contribution in [0.2, 0.25) is 0 Å². The van der Waals surface area contributed by atoms with Gasteiger partial charge in [-0.15, -0.1) is 0 Å². The van der Waals surface area contributed by atoms with E-state index in [1.807, 2.05) is 13.0 Å². The first-order chi connectivity index (χ1) is 18.4. The zero-order chi connectivity index (χ0) is 26.4. The molecule has 3 aromatic heterocycles. The Morgan fingerprint density at radius 1 is 1.13 bits per heavy atom. The number of fused-ring (bicyclic) bond motifs is 2. The Hall–Kier alpha value is -3.57. The lowest BCUT2D eigenvalue weighted by molar-refractivity contribution is -0.129. The molecule has 0 atom stereocenters. The van der Waals surface area contributed by atoms with Crippen molar-refractivity contribution in [2.24, 2.45) is 11.1 Å². The predicted octanol–water partition coefficient (Wildman–Crippen LogP) is 3.06. The SMILES string of the molecule is CCn1c(CN2CCC(C)(C(N)=O)CC2)nc2c(N3CCOCC3)nc(-c3c(F)ccc4[nH]ccc34)nc21. The second-order valence-electron chi connectivity index (χ2n) is 10.5. The third kappa shape index (κ3) is 4.19. The lowest BCUT2D eigenvalue weighted by Gasteiger charge is -2.37. The normalized spacial score (nSPS) is 18.4. The van der Waals surface area contributed by atoms with Crippen LogP contribution in [-0.2, 0) is 22.6 Å². The first kappa shape index (κ1) is 24.7. The molecule has 0 radical (unpaired) electrons. The third-order valence-corrected chi connectivity index (χ3v) is 8.11. The highest BCUT2D eigenvalue weighted by Crippen LogP contribution is 2.35. The van der Waals surface area contributed by atoms with Gasteiger partial charge in [0.15, 0.2) is 22.8 Å². The van der Waals surface area contributed by atoms with Crippen LogP contribution in [0, 0.1) is 11.2 Å². The Morgan fingerprint density at radius 2 is 1.89 bits per heavy atom. The quantitative estimate of drug-likeness (QED) is 0.401. The van der Waals surface area contributed by atoms with Crippen molar-refractivity contribution in [3.05, 3.63) is 36.0 Å². The number of nitrogens with two attached hydrogens (primary N) is 1. The van der Waals surface area contributed by atoms with Crippen molar-refractivity contribution in [3.8, 4) is 11.4 Å². The number of halogens is 1. The smallest absolute Gasteiger partial charge is 0.223 e. The molecule has 1 aromatic carbocycles. The molecule has 5 heterocycles. The van der Waals surface area contributed by atoms with E-state index in [2.05, 4.69) is 26.3 Å². The highest BCUT2D eigenvalue weighted by molar-refractivity contribution is 5.95. The van der Waals surface area contributed by atoms with E-state index >= 15 is 4.39 Å². The van der Waals surface area contributed by atoms with Gasteiger partial charge in [-0.05, 0) is 51.1 Å². The van der Waals surface area contributed by atoms with E-state index in [4.69, 9.17) is 25.4 Å². The number of morpholine rings is 1. The van der Waals surface area contributed by atoms with Crippen LogP contribution in [0.5, 0.6) is 0 Å². The van der Waals surface area contributed by atoms with Crippen molar-refractivity contribution in [1.82, 2.24) is 29.4 Å². The van der Waals surface area contributed by atoms with E-state index in [9.17, 15) is 4.79 Å². The molecule has 0 aliphatic carbocycles. The molecule has 0 saturated carbocycles. The molecule has 2 fully saturated rings.